The number of nitrogens with one attached hydrogen (secondary N) is 1. The predicted octanol–water partition coefficient (Wildman–Crippen LogP) is 6.44. The number of aromatic nitrogens is 2. The minimum absolute atomic E-state index is 0.396. The molecule has 0 bridgehead atoms. The molecule has 4 rings (SSSR count). The van der Waals surface area contributed by atoms with E-state index in [-0.39, 0.29) is 0 Å². The molecule has 0 atom stereocenters. The molecule has 1 saturated heterocycles. The third kappa shape index (κ3) is 6.17. The Morgan fingerprint density at radius 1 is 0.852 bits per heavy atom. The first-order valence-electron chi connectivity index (χ1n) is 10.4. The van der Waals surface area contributed by atoms with Gasteiger partial charge in [-0.25, -0.2) is 0 Å². The number of piperidine rings is 1. The Bertz CT molecular complexity index is 761. The Hall–Kier alpha value is -2.20. The molecule has 1 fully saturated rings. The van der Waals surface area contributed by atoms with Crippen LogP contribution in [0.3, 0.4) is 0 Å². The summed E-state index contributed by atoms with van der Waals surface area (Å²) in [6.45, 7) is 14.1. The normalized spacial score (nSPS) is 13.4. The standard InChI is InChI=1S/C17H17N3O.3C2H6/c1-2-4-14-11-15(6-5-12(14)3-1)16-19-17(21-20-16)13-7-9-18-10-8-13;3*1-2/h1-6,11,13,18H,7-10H2;3*1-2H3. The van der Waals surface area contributed by atoms with Crippen molar-refractivity contribution in [2.75, 3.05) is 13.1 Å². The molecule has 0 aliphatic carbocycles. The van der Waals surface area contributed by atoms with Gasteiger partial charge in [-0.05, 0) is 42.8 Å². The van der Waals surface area contributed by atoms with Crippen molar-refractivity contribution in [1.29, 1.82) is 0 Å². The van der Waals surface area contributed by atoms with Crippen LogP contribution in [-0.2, 0) is 0 Å². The number of fused-ring (bicyclic) bond motifs is 1. The van der Waals surface area contributed by atoms with Gasteiger partial charge >= 0.3 is 0 Å². The van der Waals surface area contributed by atoms with Gasteiger partial charge in [0.1, 0.15) is 0 Å². The Kier molecular flexibility index (Phi) is 11.0. The molecular formula is C23H35N3O. The average Bonchev–Trinajstić information content (AvgIpc) is 3.29. The number of hydrogen-bond acceptors (Lipinski definition) is 4. The lowest BCUT2D eigenvalue weighted by Gasteiger charge is -2.18. The number of hydrogen-bond donors (Lipinski definition) is 1. The summed E-state index contributed by atoms with van der Waals surface area (Å²) in [5, 5.41) is 9.94. The quantitative estimate of drug-likeness (QED) is 0.565. The van der Waals surface area contributed by atoms with Crippen LogP contribution in [0.15, 0.2) is 47.0 Å². The zero-order valence-electron chi connectivity index (χ0n) is 17.7. The molecule has 2 aromatic carbocycles. The molecule has 27 heavy (non-hydrogen) atoms. The Morgan fingerprint density at radius 3 is 2.15 bits per heavy atom. The molecule has 1 N–H and O–H groups in total. The van der Waals surface area contributed by atoms with Crippen LogP contribution in [0, 0.1) is 0 Å². The Balaban J connectivity index is 0.000000556. The molecule has 1 aliphatic heterocycles. The average molecular weight is 370 g/mol. The first kappa shape index (κ1) is 22.8. The lowest BCUT2D eigenvalue weighted by Crippen LogP contribution is -2.26. The van der Waals surface area contributed by atoms with Crippen LogP contribution in [0.2, 0.25) is 0 Å². The van der Waals surface area contributed by atoms with Gasteiger partial charge in [0.2, 0.25) is 11.7 Å². The number of rotatable bonds is 2. The van der Waals surface area contributed by atoms with E-state index in [1.54, 1.807) is 0 Å². The van der Waals surface area contributed by atoms with Crippen molar-refractivity contribution in [2.24, 2.45) is 0 Å². The second-order valence-corrected chi connectivity index (χ2v) is 5.54. The zero-order chi connectivity index (χ0) is 20.1. The van der Waals surface area contributed by atoms with Gasteiger partial charge in [-0.1, -0.05) is 83.1 Å². The van der Waals surface area contributed by atoms with Gasteiger partial charge in [0, 0.05) is 11.5 Å². The molecule has 1 aromatic heterocycles. The molecule has 0 amide bonds. The van der Waals surface area contributed by atoms with Crippen molar-refractivity contribution in [3.8, 4) is 11.4 Å². The molecule has 0 saturated carbocycles. The van der Waals surface area contributed by atoms with Crippen molar-refractivity contribution < 1.29 is 4.52 Å². The second-order valence-electron chi connectivity index (χ2n) is 5.54. The van der Waals surface area contributed by atoms with Crippen molar-refractivity contribution in [1.82, 2.24) is 15.5 Å². The summed E-state index contributed by atoms with van der Waals surface area (Å²) in [6, 6.07) is 14.6. The van der Waals surface area contributed by atoms with Crippen molar-refractivity contribution in [2.45, 2.75) is 60.3 Å². The highest BCUT2D eigenvalue weighted by molar-refractivity contribution is 5.86. The van der Waals surface area contributed by atoms with Crippen LogP contribution >= 0.6 is 0 Å². The van der Waals surface area contributed by atoms with E-state index in [1.807, 2.05) is 53.7 Å². The topological polar surface area (TPSA) is 51.0 Å². The lowest BCUT2D eigenvalue weighted by atomic mass is 9.98. The highest BCUT2D eigenvalue weighted by Crippen LogP contribution is 2.27. The smallest absolute Gasteiger partial charge is 0.230 e. The number of nitrogens with zero attached hydrogens (tertiary/aromatic N) is 2. The predicted molar refractivity (Wildman–Crippen MR) is 116 cm³/mol. The first-order valence-corrected chi connectivity index (χ1v) is 10.4. The molecule has 4 nitrogen and oxygen atoms in total. The highest BCUT2D eigenvalue weighted by atomic mass is 16.5. The monoisotopic (exact) mass is 369 g/mol. The summed E-state index contributed by atoms with van der Waals surface area (Å²) in [4.78, 5) is 4.61. The van der Waals surface area contributed by atoms with Gasteiger partial charge < -0.3 is 9.84 Å². The van der Waals surface area contributed by atoms with E-state index in [2.05, 4.69) is 45.8 Å². The fourth-order valence-electron chi connectivity index (χ4n) is 2.92. The fraction of sp³-hybridized carbons (Fsp3) is 0.478. The molecule has 4 heteroatoms. The maximum absolute atomic E-state index is 5.48. The third-order valence-electron chi connectivity index (χ3n) is 4.14. The van der Waals surface area contributed by atoms with Crippen molar-refractivity contribution in [3.63, 3.8) is 0 Å². The van der Waals surface area contributed by atoms with Gasteiger partial charge in [-0.15, -0.1) is 0 Å². The van der Waals surface area contributed by atoms with Gasteiger partial charge in [0.25, 0.3) is 0 Å². The minimum Gasteiger partial charge on any atom is -0.339 e. The zero-order valence-corrected chi connectivity index (χ0v) is 17.7. The summed E-state index contributed by atoms with van der Waals surface area (Å²) < 4.78 is 5.48. The largest absolute Gasteiger partial charge is 0.339 e. The number of benzene rings is 2. The first-order chi connectivity index (χ1) is 13.4. The van der Waals surface area contributed by atoms with Crippen LogP contribution in [0.25, 0.3) is 22.2 Å². The summed E-state index contributed by atoms with van der Waals surface area (Å²) in [7, 11) is 0. The van der Waals surface area contributed by atoms with Crippen LogP contribution in [0.4, 0.5) is 0 Å². The Morgan fingerprint density at radius 2 is 1.48 bits per heavy atom. The molecule has 3 aromatic rings. The lowest BCUT2D eigenvalue weighted by molar-refractivity contribution is 0.320. The molecule has 1 aliphatic rings. The van der Waals surface area contributed by atoms with Crippen molar-refractivity contribution >= 4 is 10.8 Å². The molecule has 2 heterocycles. The van der Waals surface area contributed by atoms with E-state index in [0.717, 1.165) is 37.4 Å². The van der Waals surface area contributed by atoms with Crippen LogP contribution < -0.4 is 5.32 Å². The highest BCUT2D eigenvalue weighted by Gasteiger charge is 2.21. The second kappa shape index (κ2) is 13.0. The van der Waals surface area contributed by atoms with E-state index < -0.39 is 0 Å². The summed E-state index contributed by atoms with van der Waals surface area (Å²) in [5.74, 6) is 1.86. The van der Waals surface area contributed by atoms with Gasteiger partial charge in [-0.3, -0.25) is 0 Å². The molecule has 0 spiro atoms. The van der Waals surface area contributed by atoms with Crippen LogP contribution in [-0.4, -0.2) is 23.2 Å². The molecule has 148 valence electrons. The molecule has 0 radical (unpaired) electrons. The summed E-state index contributed by atoms with van der Waals surface area (Å²) in [5.41, 5.74) is 1.01. The maximum Gasteiger partial charge on any atom is 0.230 e. The summed E-state index contributed by atoms with van der Waals surface area (Å²) in [6.07, 6.45) is 2.14. The maximum atomic E-state index is 5.48. The summed E-state index contributed by atoms with van der Waals surface area (Å²) >= 11 is 0. The molecular weight excluding hydrogens is 334 g/mol. The minimum atomic E-state index is 0.396. The van der Waals surface area contributed by atoms with Gasteiger partial charge in [-0.2, -0.15) is 4.98 Å². The van der Waals surface area contributed by atoms with E-state index in [1.165, 1.54) is 10.8 Å². The fourth-order valence-corrected chi connectivity index (χ4v) is 2.92. The Labute approximate surface area is 164 Å². The van der Waals surface area contributed by atoms with Gasteiger partial charge in [0.15, 0.2) is 0 Å². The van der Waals surface area contributed by atoms with E-state index >= 15 is 0 Å². The third-order valence-corrected chi connectivity index (χ3v) is 4.14. The van der Waals surface area contributed by atoms with Crippen LogP contribution in [0.1, 0.15) is 66.2 Å². The molecule has 0 unspecified atom stereocenters. The van der Waals surface area contributed by atoms with E-state index in [4.69, 9.17) is 4.52 Å². The van der Waals surface area contributed by atoms with E-state index in [9.17, 15) is 0 Å². The van der Waals surface area contributed by atoms with Gasteiger partial charge in [0.05, 0.1) is 0 Å². The van der Waals surface area contributed by atoms with E-state index in [0.29, 0.717) is 11.7 Å². The SMILES string of the molecule is CC.CC.CC.c1ccc2cc(-c3noc(C4CCNCC4)n3)ccc2c1. The van der Waals surface area contributed by atoms with Crippen LogP contribution in [0.5, 0.6) is 0 Å². The van der Waals surface area contributed by atoms with Crippen molar-refractivity contribution in [3.05, 3.63) is 48.4 Å².